The maximum absolute atomic E-state index is 11.9. The number of carbonyl (C=O) groups excluding carboxylic acids is 1. The Labute approximate surface area is 134 Å². The maximum atomic E-state index is 11.9. The lowest BCUT2D eigenvalue weighted by atomic mass is 10.1. The summed E-state index contributed by atoms with van der Waals surface area (Å²) in [5.74, 6) is -0.247. The van der Waals surface area contributed by atoms with E-state index in [1.807, 2.05) is 47.2 Å². The maximum Gasteiger partial charge on any atom is 0.237 e. The fraction of sp³-hybridized carbons (Fsp3) is 0.267. The van der Waals surface area contributed by atoms with E-state index in [1.165, 1.54) is 11.3 Å². The molecule has 4 nitrogen and oxygen atoms in total. The zero-order valence-corrected chi connectivity index (χ0v) is 13.1. The van der Waals surface area contributed by atoms with Crippen molar-refractivity contribution < 1.29 is 9.90 Å². The van der Waals surface area contributed by atoms with Crippen molar-refractivity contribution in [2.24, 2.45) is 5.73 Å². The number of aliphatic hydroxyl groups excluding tert-OH is 1. The third-order valence-electron chi connectivity index (χ3n) is 3.03. The van der Waals surface area contributed by atoms with E-state index in [1.54, 1.807) is 0 Å². The van der Waals surface area contributed by atoms with Gasteiger partial charge in [0.2, 0.25) is 5.91 Å². The van der Waals surface area contributed by atoms with Gasteiger partial charge in [-0.1, -0.05) is 30.3 Å². The largest absolute Gasteiger partial charge is 0.387 e. The molecule has 0 spiro atoms. The molecule has 0 aliphatic carbocycles. The van der Waals surface area contributed by atoms with Crippen LogP contribution in [-0.2, 0) is 11.2 Å². The second-order valence-electron chi connectivity index (χ2n) is 4.61. The standard InChI is InChI=1S/C15H18N2O2S.ClH/c16-13(8-11-4-2-1-3-5-11)15(19)17-9-14(18)12-6-7-20-10-12;/h1-7,10,13-14,18H,8-9,16H2,(H,17,19);1H. The van der Waals surface area contributed by atoms with Gasteiger partial charge >= 0.3 is 0 Å². The molecule has 0 aliphatic rings. The van der Waals surface area contributed by atoms with Crippen LogP contribution in [0.3, 0.4) is 0 Å². The van der Waals surface area contributed by atoms with Crippen LogP contribution in [0.25, 0.3) is 0 Å². The van der Waals surface area contributed by atoms with E-state index in [2.05, 4.69) is 5.32 Å². The van der Waals surface area contributed by atoms with Crippen LogP contribution in [-0.4, -0.2) is 23.6 Å². The first-order chi connectivity index (χ1) is 9.66. The predicted octanol–water partition coefficient (Wildman–Crippen LogP) is 1.89. The second kappa shape index (κ2) is 8.79. The lowest BCUT2D eigenvalue weighted by molar-refractivity contribution is -0.122. The second-order valence-corrected chi connectivity index (χ2v) is 5.39. The monoisotopic (exact) mass is 326 g/mol. The molecule has 0 radical (unpaired) electrons. The zero-order chi connectivity index (χ0) is 14.4. The smallest absolute Gasteiger partial charge is 0.237 e. The van der Waals surface area contributed by atoms with Crippen LogP contribution in [0.4, 0.5) is 0 Å². The highest BCUT2D eigenvalue weighted by molar-refractivity contribution is 7.07. The number of hydrogen-bond acceptors (Lipinski definition) is 4. The molecule has 0 saturated heterocycles. The quantitative estimate of drug-likeness (QED) is 0.759. The van der Waals surface area contributed by atoms with Gasteiger partial charge in [-0.2, -0.15) is 11.3 Å². The van der Waals surface area contributed by atoms with Crippen LogP contribution in [0.2, 0.25) is 0 Å². The molecule has 1 heterocycles. The van der Waals surface area contributed by atoms with Gasteiger partial charge in [-0.15, -0.1) is 12.4 Å². The average molecular weight is 327 g/mol. The number of rotatable bonds is 6. The summed E-state index contributed by atoms with van der Waals surface area (Å²) in [5, 5.41) is 16.3. The van der Waals surface area contributed by atoms with Crippen LogP contribution in [0, 0.1) is 0 Å². The molecule has 0 fully saturated rings. The molecule has 0 saturated carbocycles. The number of amides is 1. The van der Waals surface area contributed by atoms with Crippen LogP contribution in [0.15, 0.2) is 47.2 Å². The fourth-order valence-electron chi connectivity index (χ4n) is 1.87. The number of benzene rings is 1. The molecule has 6 heteroatoms. The van der Waals surface area contributed by atoms with Crippen LogP contribution >= 0.6 is 23.7 Å². The summed E-state index contributed by atoms with van der Waals surface area (Å²) in [4.78, 5) is 11.9. The van der Waals surface area contributed by atoms with Gasteiger partial charge in [0, 0.05) is 6.54 Å². The Morgan fingerprint density at radius 1 is 1.29 bits per heavy atom. The minimum atomic E-state index is -0.686. The van der Waals surface area contributed by atoms with Gasteiger partial charge in [-0.25, -0.2) is 0 Å². The molecule has 4 N–H and O–H groups in total. The first kappa shape index (κ1) is 17.7. The lowest BCUT2D eigenvalue weighted by Gasteiger charge is -2.14. The molecule has 1 aromatic heterocycles. The summed E-state index contributed by atoms with van der Waals surface area (Å²) in [6.45, 7) is 0.179. The van der Waals surface area contributed by atoms with Crippen molar-refractivity contribution in [3.8, 4) is 0 Å². The van der Waals surface area contributed by atoms with Crippen molar-refractivity contribution in [2.75, 3.05) is 6.54 Å². The Kier molecular flexibility index (Phi) is 7.39. The van der Waals surface area contributed by atoms with E-state index in [9.17, 15) is 9.90 Å². The molecule has 2 rings (SSSR count). The highest BCUT2D eigenvalue weighted by atomic mass is 35.5. The van der Waals surface area contributed by atoms with Gasteiger partial charge in [-0.05, 0) is 34.4 Å². The van der Waals surface area contributed by atoms with Gasteiger partial charge in [0.1, 0.15) is 0 Å². The molecule has 2 unspecified atom stereocenters. The van der Waals surface area contributed by atoms with E-state index in [0.29, 0.717) is 6.42 Å². The summed E-state index contributed by atoms with van der Waals surface area (Å²) in [7, 11) is 0. The van der Waals surface area contributed by atoms with Gasteiger partial charge in [0.05, 0.1) is 12.1 Å². The summed E-state index contributed by atoms with van der Waals surface area (Å²) in [6, 6.07) is 10.9. The van der Waals surface area contributed by atoms with E-state index in [4.69, 9.17) is 5.73 Å². The Morgan fingerprint density at radius 3 is 2.62 bits per heavy atom. The predicted molar refractivity (Wildman–Crippen MR) is 87.7 cm³/mol. The summed E-state index contributed by atoms with van der Waals surface area (Å²) >= 11 is 1.51. The molecule has 21 heavy (non-hydrogen) atoms. The molecule has 2 atom stereocenters. The first-order valence-electron chi connectivity index (χ1n) is 6.44. The Morgan fingerprint density at radius 2 is 2.00 bits per heavy atom. The highest BCUT2D eigenvalue weighted by Gasteiger charge is 2.16. The fourth-order valence-corrected chi connectivity index (χ4v) is 2.58. The topological polar surface area (TPSA) is 75.4 Å². The van der Waals surface area contributed by atoms with Gasteiger partial charge in [-0.3, -0.25) is 4.79 Å². The van der Waals surface area contributed by atoms with Crippen molar-refractivity contribution >= 4 is 29.7 Å². The van der Waals surface area contributed by atoms with E-state index >= 15 is 0 Å². The third-order valence-corrected chi connectivity index (χ3v) is 3.73. The molecular formula is C15H19ClN2O2S. The minimum Gasteiger partial charge on any atom is -0.387 e. The van der Waals surface area contributed by atoms with Gasteiger partial charge in [0.15, 0.2) is 0 Å². The third kappa shape index (κ3) is 5.47. The first-order valence-corrected chi connectivity index (χ1v) is 7.38. The number of nitrogens with two attached hydrogens (primary N) is 1. The molecular weight excluding hydrogens is 308 g/mol. The number of hydrogen-bond donors (Lipinski definition) is 3. The van der Waals surface area contributed by atoms with Crippen molar-refractivity contribution in [2.45, 2.75) is 18.6 Å². The van der Waals surface area contributed by atoms with Crippen LogP contribution in [0.5, 0.6) is 0 Å². The normalized spacial score (nSPS) is 13.0. The van der Waals surface area contributed by atoms with Crippen molar-refractivity contribution in [1.82, 2.24) is 5.32 Å². The summed E-state index contributed by atoms with van der Waals surface area (Å²) in [6.07, 6.45) is -0.199. The minimum absolute atomic E-state index is 0. The van der Waals surface area contributed by atoms with Gasteiger partial charge < -0.3 is 16.2 Å². The average Bonchev–Trinajstić information content (AvgIpc) is 2.99. The summed E-state index contributed by atoms with van der Waals surface area (Å²) in [5.41, 5.74) is 7.70. The molecule has 114 valence electrons. The Hall–Kier alpha value is -1.40. The number of nitrogens with one attached hydrogen (secondary N) is 1. The van der Waals surface area contributed by atoms with E-state index in [-0.39, 0.29) is 24.9 Å². The van der Waals surface area contributed by atoms with E-state index < -0.39 is 12.1 Å². The van der Waals surface area contributed by atoms with Crippen molar-refractivity contribution in [3.05, 3.63) is 58.3 Å². The SMILES string of the molecule is Cl.NC(Cc1ccccc1)C(=O)NCC(O)c1ccsc1. The lowest BCUT2D eigenvalue weighted by Crippen LogP contribution is -2.43. The zero-order valence-electron chi connectivity index (χ0n) is 11.4. The van der Waals surface area contributed by atoms with Gasteiger partial charge in [0.25, 0.3) is 0 Å². The van der Waals surface area contributed by atoms with E-state index in [0.717, 1.165) is 11.1 Å². The molecule has 1 amide bonds. The van der Waals surface area contributed by atoms with Crippen LogP contribution < -0.4 is 11.1 Å². The van der Waals surface area contributed by atoms with Crippen molar-refractivity contribution in [3.63, 3.8) is 0 Å². The molecule has 2 aromatic rings. The Bertz CT molecular complexity index is 534. The Balaban J connectivity index is 0.00000220. The van der Waals surface area contributed by atoms with Crippen LogP contribution in [0.1, 0.15) is 17.2 Å². The highest BCUT2D eigenvalue weighted by Crippen LogP contribution is 2.15. The number of thiophene rings is 1. The number of carbonyl (C=O) groups is 1. The molecule has 0 aliphatic heterocycles. The molecule has 0 bridgehead atoms. The summed E-state index contributed by atoms with van der Waals surface area (Å²) < 4.78 is 0. The van der Waals surface area contributed by atoms with Crippen molar-refractivity contribution in [1.29, 1.82) is 0 Å². The number of halogens is 1. The molecule has 1 aromatic carbocycles. The number of aliphatic hydroxyl groups is 1.